The normalized spacial score (nSPS) is 18.6. The van der Waals surface area contributed by atoms with E-state index >= 15 is 0 Å². The first-order valence-corrected chi connectivity index (χ1v) is 12.5. The molecule has 3 aromatic rings. The number of hydrogen-bond acceptors (Lipinski definition) is 5. The molecule has 1 amide bonds. The fraction of sp³-hybridized carbons (Fsp3) is 0.429. The average Bonchev–Trinajstić information content (AvgIpc) is 3.51. The second kappa shape index (κ2) is 9.53. The molecule has 35 heavy (non-hydrogen) atoms. The highest BCUT2D eigenvalue weighted by Gasteiger charge is 2.28. The maximum Gasteiger partial charge on any atom is 0.254 e. The first-order chi connectivity index (χ1) is 16.9. The number of aromatic amines is 1. The monoisotopic (exact) mass is 468 g/mol. The zero-order valence-electron chi connectivity index (χ0n) is 20.7. The molecular weight excluding hydrogens is 436 g/mol. The van der Waals surface area contributed by atoms with Crippen molar-refractivity contribution < 1.29 is 4.79 Å². The number of rotatable bonds is 4. The van der Waals surface area contributed by atoms with Gasteiger partial charge in [0.05, 0.1) is 11.6 Å². The SMILES string of the molecule is Cc1nnc(-c2cc(C(=O)N3CCC(c4ccc(C#N)cc4)CC3)c(C)cc2N2CCC(C)C2)[nH]1. The summed E-state index contributed by atoms with van der Waals surface area (Å²) in [6.45, 7) is 9.69. The van der Waals surface area contributed by atoms with Gasteiger partial charge in [-0.1, -0.05) is 19.1 Å². The summed E-state index contributed by atoms with van der Waals surface area (Å²) in [6.07, 6.45) is 3.02. The number of amides is 1. The lowest BCUT2D eigenvalue weighted by Crippen LogP contribution is -2.38. The topological polar surface area (TPSA) is 88.9 Å². The molecule has 180 valence electrons. The number of aryl methyl sites for hydroxylation is 2. The van der Waals surface area contributed by atoms with Crippen molar-refractivity contribution >= 4 is 11.6 Å². The van der Waals surface area contributed by atoms with Crippen LogP contribution in [0.15, 0.2) is 36.4 Å². The van der Waals surface area contributed by atoms with E-state index in [1.54, 1.807) is 0 Å². The molecule has 1 atom stereocenters. The van der Waals surface area contributed by atoms with Crippen LogP contribution >= 0.6 is 0 Å². The summed E-state index contributed by atoms with van der Waals surface area (Å²) in [7, 11) is 0. The van der Waals surface area contributed by atoms with Crippen LogP contribution in [0, 0.1) is 31.1 Å². The van der Waals surface area contributed by atoms with Crippen molar-refractivity contribution in [3.05, 3.63) is 64.5 Å². The van der Waals surface area contributed by atoms with E-state index in [1.165, 1.54) is 12.0 Å². The molecule has 7 nitrogen and oxygen atoms in total. The van der Waals surface area contributed by atoms with E-state index in [4.69, 9.17) is 5.26 Å². The number of carbonyl (C=O) groups excluding carboxylic acids is 1. The first kappa shape index (κ1) is 23.1. The lowest BCUT2D eigenvalue weighted by Gasteiger charge is -2.33. The lowest BCUT2D eigenvalue weighted by atomic mass is 9.88. The molecule has 5 rings (SSSR count). The molecule has 1 aromatic heterocycles. The molecule has 2 fully saturated rings. The largest absolute Gasteiger partial charge is 0.371 e. The number of H-pyrrole nitrogens is 1. The van der Waals surface area contributed by atoms with Gasteiger partial charge in [0.1, 0.15) is 5.82 Å². The number of likely N-dealkylation sites (tertiary alicyclic amines) is 1. The van der Waals surface area contributed by atoms with Crippen molar-refractivity contribution in [3.8, 4) is 17.5 Å². The third-order valence-corrected chi connectivity index (χ3v) is 7.49. The number of anilines is 1. The van der Waals surface area contributed by atoms with Crippen LogP contribution in [0.4, 0.5) is 5.69 Å². The molecule has 1 N–H and O–H groups in total. The summed E-state index contributed by atoms with van der Waals surface area (Å²) in [4.78, 5) is 21.3. The van der Waals surface area contributed by atoms with E-state index in [0.29, 0.717) is 23.2 Å². The van der Waals surface area contributed by atoms with Crippen molar-refractivity contribution in [2.45, 2.75) is 46.0 Å². The number of carbonyl (C=O) groups is 1. The Morgan fingerprint density at radius 3 is 2.40 bits per heavy atom. The summed E-state index contributed by atoms with van der Waals surface area (Å²) >= 11 is 0. The second-order valence-corrected chi connectivity index (χ2v) is 10.1. The maximum atomic E-state index is 13.7. The van der Waals surface area contributed by atoms with Crippen LogP contribution in [0.2, 0.25) is 0 Å². The van der Waals surface area contributed by atoms with Gasteiger partial charge in [-0.25, -0.2) is 0 Å². The number of aromatic nitrogens is 3. The maximum absolute atomic E-state index is 13.7. The predicted molar refractivity (Wildman–Crippen MR) is 136 cm³/mol. The average molecular weight is 469 g/mol. The Bertz CT molecular complexity index is 1260. The Labute approximate surface area is 206 Å². The van der Waals surface area contributed by atoms with E-state index in [1.807, 2.05) is 36.9 Å². The fourth-order valence-corrected chi connectivity index (χ4v) is 5.41. The summed E-state index contributed by atoms with van der Waals surface area (Å²) in [5.74, 6) is 2.63. The van der Waals surface area contributed by atoms with Crippen molar-refractivity contribution in [2.75, 3.05) is 31.1 Å². The number of nitriles is 1. The minimum atomic E-state index is 0.0830. The van der Waals surface area contributed by atoms with Crippen molar-refractivity contribution in [2.24, 2.45) is 5.92 Å². The van der Waals surface area contributed by atoms with E-state index < -0.39 is 0 Å². The number of piperidine rings is 1. The summed E-state index contributed by atoms with van der Waals surface area (Å²) < 4.78 is 0. The Morgan fingerprint density at radius 2 is 1.80 bits per heavy atom. The van der Waals surface area contributed by atoms with Gasteiger partial charge in [0.2, 0.25) is 0 Å². The van der Waals surface area contributed by atoms with Gasteiger partial charge in [0.15, 0.2) is 5.82 Å². The summed E-state index contributed by atoms with van der Waals surface area (Å²) in [5.41, 5.74) is 5.74. The van der Waals surface area contributed by atoms with Gasteiger partial charge in [-0.15, -0.1) is 10.2 Å². The molecule has 2 aromatic carbocycles. The molecular formula is C28H32N6O. The molecule has 2 aliphatic rings. The van der Waals surface area contributed by atoms with Crippen LogP contribution in [0.5, 0.6) is 0 Å². The molecule has 7 heteroatoms. The summed E-state index contributed by atoms with van der Waals surface area (Å²) in [5, 5.41) is 17.6. The molecule has 0 aliphatic carbocycles. The zero-order chi connectivity index (χ0) is 24.5. The van der Waals surface area contributed by atoms with Gasteiger partial charge in [0.25, 0.3) is 5.91 Å². The van der Waals surface area contributed by atoms with E-state index in [2.05, 4.69) is 51.3 Å². The molecule has 3 heterocycles. The standard InChI is InChI=1S/C28H32N6O/c1-18-8-11-34(17-18)26-14-19(2)24(15-25(26)27-30-20(3)31-32-27)28(35)33-12-9-23(10-13-33)22-6-4-21(16-29)5-7-22/h4-7,14-15,18,23H,8-13,17H2,1-3H3,(H,30,31,32). The minimum Gasteiger partial charge on any atom is -0.371 e. The van der Waals surface area contributed by atoms with Gasteiger partial charge in [-0.2, -0.15) is 5.26 Å². The Kier molecular flexibility index (Phi) is 6.29. The highest BCUT2D eigenvalue weighted by atomic mass is 16.2. The highest BCUT2D eigenvalue weighted by molar-refractivity contribution is 5.98. The van der Waals surface area contributed by atoms with Gasteiger partial charge >= 0.3 is 0 Å². The van der Waals surface area contributed by atoms with Gasteiger partial charge in [-0.3, -0.25) is 4.79 Å². The van der Waals surface area contributed by atoms with Crippen LogP contribution in [0.25, 0.3) is 11.4 Å². The molecule has 2 saturated heterocycles. The smallest absolute Gasteiger partial charge is 0.254 e. The first-order valence-electron chi connectivity index (χ1n) is 12.5. The molecule has 0 bridgehead atoms. The number of benzene rings is 2. The van der Waals surface area contributed by atoms with E-state index in [0.717, 1.165) is 67.2 Å². The Balaban J connectivity index is 1.38. The van der Waals surface area contributed by atoms with Crippen LogP contribution in [-0.2, 0) is 0 Å². The summed E-state index contributed by atoms with van der Waals surface area (Å²) in [6, 6.07) is 14.2. The third-order valence-electron chi connectivity index (χ3n) is 7.49. The highest BCUT2D eigenvalue weighted by Crippen LogP contribution is 2.36. The van der Waals surface area contributed by atoms with Crippen molar-refractivity contribution in [1.82, 2.24) is 20.1 Å². The number of nitrogens with zero attached hydrogens (tertiary/aromatic N) is 5. The van der Waals surface area contributed by atoms with Gasteiger partial charge < -0.3 is 14.8 Å². The van der Waals surface area contributed by atoms with E-state index in [-0.39, 0.29) is 5.91 Å². The van der Waals surface area contributed by atoms with E-state index in [9.17, 15) is 4.79 Å². The van der Waals surface area contributed by atoms with Gasteiger partial charge in [-0.05, 0) is 80.3 Å². The quantitative estimate of drug-likeness (QED) is 0.593. The Morgan fingerprint density at radius 1 is 1.06 bits per heavy atom. The zero-order valence-corrected chi connectivity index (χ0v) is 20.7. The van der Waals surface area contributed by atoms with Gasteiger partial charge in [0, 0.05) is 43.0 Å². The minimum absolute atomic E-state index is 0.0830. The van der Waals surface area contributed by atoms with Crippen molar-refractivity contribution in [1.29, 1.82) is 5.26 Å². The molecule has 1 unspecified atom stereocenters. The molecule has 0 radical (unpaired) electrons. The van der Waals surface area contributed by atoms with Crippen LogP contribution < -0.4 is 4.90 Å². The predicted octanol–water partition coefficient (Wildman–Crippen LogP) is 4.83. The Hall–Kier alpha value is -3.66. The molecule has 0 spiro atoms. The lowest BCUT2D eigenvalue weighted by molar-refractivity contribution is 0.0712. The molecule has 2 aliphatic heterocycles. The van der Waals surface area contributed by atoms with Crippen LogP contribution in [0.3, 0.4) is 0 Å². The van der Waals surface area contributed by atoms with Crippen LogP contribution in [-0.4, -0.2) is 52.2 Å². The second-order valence-electron chi connectivity index (χ2n) is 10.1. The number of nitrogens with one attached hydrogen (secondary N) is 1. The molecule has 0 saturated carbocycles. The third kappa shape index (κ3) is 4.66. The number of hydrogen-bond donors (Lipinski definition) is 1. The fourth-order valence-electron chi connectivity index (χ4n) is 5.41. The van der Waals surface area contributed by atoms with Crippen LogP contribution in [0.1, 0.15) is 65.0 Å². The van der Waals surface area contributed by atoms with Crippen molar-refractivity contribution in [3.63, 3.8) is 0 Å².